The number of benzene rings is 3. The molecule has 0 saturated heterocycles. The van der Waals surface area contributed by atoms with Gasteiger partial charge in [0.1, 0.15) is 40.6 Å². The molecule has 0 unspecified atom stereocenters. The number of phenolic OH excluding ortho intramolecular Hbond substituents is 3. The summed E-state index contributed by atoms with van der Waals surface area (Å²) in [6.45, 7) is 0.196. The van der Waals surface area contributed by atoms with Gasteiger partial charge in [0, 0.05) is 40.9 Å². The number of carbonyl (C=O) groups is 1. The van der Waals surface area contributed by atoms with Crippen molar-refractivity contribution in [2.45, 2.75) is 18.9 Å². The van der Waals surface area contributed by atoms with Gasteiger partial charge in [-0.15, -0.1) is 0 Å². The molecule has 0 aliphatic carbocycles. The summed E-state index contributed by atoms with van der Waals surface area (Å²) in [5.41, 5.74) is 1.61. The van der Waals surface area contributed by atoms with E-state index in [1.165, 1.54) is 30.3 Å². The third-order valence-electron chi connectivity index (χ3n) is 6.58. The third kappa shape index (κ3) is 4.40. The summed E-state index contributed by atoms with van der Waals surface area (Å²) in [6, 6.07) is 19.2. The predicted molar refractivity (Wildman–Crippen MR) is 140 cm³/mol. The van der Waals surface area contributed by atoms with Crippen LogP contribution >= 0.6 is 0 Å². The number of carbonyl (C=O) groups excluding carboxylic acids is 1. The Kier molecular flexibility index (Phi) is 5.88. The molecule has 0 saturated carbocycles. The second-order valence-electron chi connectivity index (χ2n) is 9.07. The number of para-hydroxylation sites is 1. The molecule has 9 nitrogen and oxygen atoms in total. The van der Waals surface area contributed by atoms with Crippen molar-refractivity contribution in [3.05, 3.63) is 106 Å². The minimum Gasteiger partial charge on any atom is -0.507 e. The second-order valence-corrected chi connectivity index (χ2v) is 9.07. The molecule has 1 aliphatic heterocycles. The van der Waals surface area contributed by atoms with E-state index in [0.717, 1.165) is 5.69 Å². The zero-order valence-electron chi connectivity index (χ0n) is 20.3. The molecule has 0 fully saturated rings. The largest absolute Gasteiger partial charge is 0.507 e. The van der Waals surface area contributed by atoms with Gasteiger partial charge in [-0.1, -0.05) is 24.3 Å². The van der Waals surface area contributed by atoms with E-state index in [1.807, 2.05) is 36.4 Å². The highest BCUT2D eigenvalue weighted by molar-refractivity contribution is 5.93. The lowest BCUT2D eigenvalue weighted by molar-refractivity contribution is -0.135. The number of hydrogen-bond acceptors (Lipinski definition) is 9. The molecule has 3 aromatic carbocycles. The molecular weight excluding hydrogens is 502 g/mol. The Morgan fingerprint density at radius 1 is 0.897 bits per heavy atom. The van der Waals surface area contributed by atoms with Crippen molar-refractivity contribution in [1.82, 2.24) is 4.98 Å². The van der Waals surface area contributed by atoms with Crippen LogP contribution in [0.3, 0.4) is 0 Å². The monoisotopic (exact) mass is 523 g/mol. The van der Waals surface area contributed by atoms with Crippen LogP contribution in [0, 0.1) is 0 Å². The van der Waals surface area contributed by atoms with Gasteiger partial charge in [-0.25, -0.2) is 0 Å². The fourth-order valence-electron chi connectivity index (χ4n) is 4.78. The lowest BCUT2D eigenvalue weighted by Gasteiger charge is -2.27. The molecule has 0 bridgehead atoms. The van der Waals surface area contributed by atoms with Crippen LogP contribution in [-0.4, -0.2) is 26.3 Å². The van der Waals surface area contributed by atoms with Crippen molar-refractivity contribution >= 4 is 16.9 Å². The van der Waals surface area contributed by atoms with Gasteiger partial charge >= 0.3 is 5.97 Å². The second kappa shape index (κ2) is 9.53. The summed E-state index contributed by atoms with van der Waals surface area (Å²) >= 11 is 0. The molecule has 1 atom stereocenters. The highest BCUT2D eigenvalue weighted by Crippen LogP contribution is 2.48. The quantitative estimate of drug-likeness (QED) is 0.165. The Bertz CT molecular complexity index is 1800. The summed E-state index contributed by atoms with van der Waals surface area (Å²) in [6.07, 6.45) is 1.61. The Balaban J connectivity index is 1.53. The van der Waals surface area contributed by atoms with Gasteiger partial charge in [-0.05, 0) is 36.4 Å². The number of ether oxygens (including phenoxy) is 2. The van der Waals surface area contributed by atoms with E-state index in [9.17, 15) is 24.9 Å². The number of rotatable bonds is 5. The van der Waals surface area contributed by atoms with E-state index in [4.69, 9.17) is 13.9 Å². The lowest BCUT2D eigenvalue weighted by atomic mass is 9.84. The Labute approximate surface area is 221 Å². The number of fused-ring (bicyclic) bond motifs is 3. The summed E-state index contributed by atoms with van der Waals surface area (Å²) in [7, 11) is 0. The van der Waals surface area contributed by atoms with Crippen LogP contribution in [0.15, 0.2) is 88.2 Å². The SMILES string of the molecule is O=C1C[C@@H](c2ccccc2OCc2ccccn2)c2c(cc(O)c3c(=O)cc(-c4ccc(O)c(O)c4)oc23)O1. The molecule has 9 heteroatoms. The summed E-state index contributed by atoms with van der Waals surface area (Å²) in [4.78, 5) is 30.2. The van der Waals surface area contributed by atoms with Gasteiger partial charge in [0.25, 0.3) is 0 Å². The molecule has 6 rings (SSSR count). The molecule has 2 aromatic heterocycles. The van der Waals surface area contributed by atoms with Crippen molar-refractivity contribution < 1.29 is 34.0 Å². The molecule has 0 radical (unpaired) electrons. The van der Waals surface area contributed by atoms with Crippen LogP contribution in [0.1, 0.15) is 29.2 Å². The zero-order chi connectivity index (χ0) is 27.1. The first-order chi connectivity index (χ1) is 18.9. The van der Waals surface area contributed by atoms with Crippen molar-refractivity contribution in [1.29, 1.82) is 0 Å². The molecular formula is C30H21NO8. The minimum absolute atomic E-state index is 0.0390. The maximum Gasteiger partial charge on any atom is 0.312 e. The molecule has 194 valence electrons. The normalized spacial score (nSPS) is 14.6. The predicted octanol–water partition coefficient (Wildman–Crippen LogP) is 4.99. The molecule has 3 N–H and O–H groups in total. The summed E-state index contributed by atoms with van der Waals surface area (Å²) in [5, 5.41) is 30.3. The first-order valence-corrected chi connectivity index (χ1v) is 12.1. The third-order valence-corrected chi connectivity index (χ3v) is 6.58. The summed E-state index contributed by atoms with van der Waals surface area (Å²) < 4.78 is 17.7. The minimum atomic E-state index is -0.629. The van der Waals surface area contributed by atoms with E-state index < -0.39 is 23.1 Å². The fraction of sp³-hybridized carbons (Fsp3) is 0.100. The van der Waals surface area contributed by atoms with Crippen molar-refractivity contribution in [2.75, 3.05) is 0 Å². The standard InChI is InChI=1S/C30H21NO8/c32-20-9-8-16(11-21(20)33)25-13-22(34)29-23(35)14-26-28(30(29)39-25)19(12-27(36)38-26)18-6-1-2-7-24(18)37-15-17-5-3-4-10-31-17/h1-11,13-14,19,32-33,35H,12,15H2/t19-/m0/s1. The van der Waals surface area contributed by atoms with Crippen molar-refractivity contribution in [3.8, 4) is 40.1 Å². The molecule has 39 heavy (non-hydrogen) atoms. The first kappa shape index (κ1) is 24.1. The Morgan fingerprint density at radius 3 is 2.51 bits per heavy atom. The Hall–Kier alpha value is -5.31. The Morgan fingerprint density at radius 2 is 1.72 bits per heavy atom. The number of esters is 1. The number of phenols is 3. The number of aromatic nitrogens is 1. The number of nitrogens with zero attached hydrogens (tertiary/aromatic N) is 1. The van der Waals surface area contributed by atoms with Gasteiger partial charge < -0.3 is 29.2 Å². The van der Waals surface area contributed by atoms with Crippen LogP contribution in [0.4, 0.5) is 0 Å². The molecule has 0 amide bonds. The van der Waals surface area contributed by atoms with E-state index in [1.54, 1.807) is 12.3 Å². The van der Waals surface area contributed by atoms with Gasteiger partial charge in [-0.2, -0.15) is 0 Å². The molecule has 0 spiro atoms. The van der Waals surface area contributed by atoms with Crippen LogP contribution in [0.25, 0.3) is 22.3 Å². The highest BCUT2D eigenvalue weighted by atomic mass is 16.5. The topological polar surface area (TPSA) is 139 Å². The number of aromatic hydroxyl groups is 3. The average molecular weight is 523 g/mol. The van der Waals surface area contributed by atoms with Crippen molar-refractivity contribution in [2.24, 2.45) is 0 Å². The van der Waals surface area contributed by atoms with Crippen LogP contribution < -0.4 is 14.9 Å². The maximum absolute atomic E-state index is 13.2. The highest BCUT2D eigenvalue weighted by Gasteiger charge is 2.35. The van der Waals surface area contributed by atoms with Gasteiger partial charge in [0.15, 0.2) is 16.9 Å². The molecule has 1 aliphatic rings. The number of hydrogen-bond donors (Lipinski definition) is 3. The zero-order valence-corrected chi connectivity index (χ0v) is 20.3. The summed E-state index contributed by atoms with van der Waals surface area (Å²) in [5.74, 6) is -1.60. The van der Waals surface area contributed by atoms with Crippen LogP contribution in [0.2, 0.25) is 0 Å². The lowest BCUT2D eigenvalue weighted by Crippen LogP contribution is -2.22. The maximum atomic E-state index is 13.2. The van der Waals surface area contributed by atoms with Crippen LogP contribution in [-0.2, 0) is 11.4 Å². The van der Waals surface area contributed by atoms with Crippen molar-refractivity contribution in [3.63, 3.8) is 0 Å². The molecule has 5 aromatic rings. The van der Waals surface area contributed by atoms with Gasteiger partial charge in [0.05, 0.1) is 12.1 Å². The van der Waals surface area contributed by atoms with Gasteiger partial charge in [0.2, 0.25) is 0 Å². The van der Waals surface area contributed by atoms with E-state index >= 15 is 0 Å². The molecule has 3 heterocycles. The van der Waals surface area contributed by atoms with E-state index in [0.29, 0.717) is 22.4 Å². The fourth-order valence-corrected chi connectivity index (χ4v) is 4.78. The van der Waals surface area contributed by atoms with Gasteiger partial charge in [-0.3, -0.25) is 14.6 Å². The van der Waals surface area contributed by atoms with E-state index in [2.05, 4.69) is 4.98 Å². The smallest absolute Gasteiger partial charge is 0.312 e. The van der Waals surface area contributed by atoms with E-state index in [-0.39, 0.29) is 47.0 Å². The number of pyridine rings is 1. The average Bonchev–Trinajstić information content (AvgIpc) is 2.93. The first-order valence-electron chi connectivity index (χ1n) is 12.1. The van der Waals surface area contributed by atoms with Crippen LogP contribution in [0.5, 0.6) is 28.7 Å².